The number of hydrogen-bond acceptors (Lipinski definition) is 1. The molecular weight excluding hydrogens is 238 g/mol. The first-order valence-corrected chi connectivity index (χ1v) is 6.20. The Bertz CT molecular complexity index is 678. The number of carbonyl (C=O) groups is 1. The first-order chi connectivity index (χ1) is 8.88. The second-order valence-corrected chi connectivity index (χ2v) is 5.54. The van der Waals surface area contributed by atoms with Gasteiger partial charge in [-0.1, -0.05) is 30.0 Å². The summed E-state index contributed by atoms with van der Waals surface area (Å²) in [7, 11) is 0. The zero-order chi connectivity index (χ0) is 14.0. The molecule has 0 atom stereocenters. The molecule has 1 aromatic heterocycles. The predicted molar refractivity (Wildman–Crippen MR) is 76.1 cm³/mol. The minimum Gasteiger partial charge on any atom is -0.478 e. The average molecular weight is 255 g/mol. The van der Waals surface area contributed by atoms with Crippen molar-refractivity contribution in [3.8, 4) is 11.8 Å². The molecule has 19 heavy (non-hydrogen) atoms. The van der Waals surface area contributed by atoms with E-state index in [-0.39, 0.29) is 5.41 Å². The lowest BCUT2D eigenvalue weighted by Gasteiger charge is -2.07. The van der Waals surface area contributed by atoms with Gasteiger partial charge in [0.2, 0.25) is 0 Å². The van der Waals surface area contributed by atoms with Gasteiger partial charge in [0.15, 0.2) is 0 Å². The molecule has 0 saturated carbocycles. The van der Waals surface area contributed by atoms with Gasteiger partial charge in [-0.25, -0.2) is 4.79 Å². The number of aromatic carboxylic acids is 1. The number of para-hydroxylation sites is 1. The number of hydrogen-bond donors (Lipinski definition) is 1. The molecule has 0 aliphatic carbocycles. The third-order valence-corrected chi connectivity index (χ3v) is 2.73. The summed E-state index contributed by atoms with van der Waals surface area (Å²) < 4.78 is 1.89. The summed E-state index contributed by atoms with van der Waals surface area (Å²) >= 11 is 0. The molecule has 0 unspecified atom stereocenters. The molecule has 98 valence electrons. The van der Waals surface area contributed by atoms with E-state index in [0.29, 0.717) is 12.1 Å². The average Bonchev–Trinajstić information content (AvgIpc) is 2.67. The van der Waals surface area contributed by atoms with Crippen molar-refractivity contribution < 1.29 is 9.90 Å². The lowest BCUT2D eigenvalue weighted by molar-refractivity contribution is 0.0699. The summed E-state index contributed by atoms with van der Waals surface area (Å²) in [5.41, 5.74) is 1.19. The Morgan fingerprint density at radius 1 is 1.32 bits per heavy atom. The molecule has 0 aliphatic heterocycles. The summed E-state index contributed by atoms with van der Waals surface area (Å²) in [5, 5.41) is 9.96. The Morgan fingerprint density at radius 3 is 2.63 bits per heavy atom. The zero-order valence-electron chi connectivity index (χ0n) is 11.4. The number of benzene rings is 1. The summed E-state index contributed by atoms with van der Waals surface area (Å²) in [6.07, 6.45) is 1.66. The lowest BCUT2D eigenvalue weighted by atomic mass is 9.98. The fourth-order valence-electron chi connectivity index (χ4n) is 1.94. The molecule has 1 N–H and O–H groups in total. The van der Waals surface area contributed by atoms with Gasteiger partial charge in [-0.05, 0) is 26.8 Å². The molecule has 0 fully saturated rings. The van der Waals surface area contributed by atoms with Crippen molar-refractivity contribution in [1.82, 2.24) is 4.57 Å². The van der Waals surface area contributed by atoms with E-state index in [1.54, 1.807) is 6.20 Å². The summed E-state index contributed by atoms with van der Waals surface area (Å²) in [6, 6.07) is 7.49. The maximum atomic E-state index is 11.2. The van der Waals surface area contributed by atoms with Gasteiger partial charge in [-0.2, -0.15) is 0 Å². The number of carboxylic acids is 1. The first kappa shape index (κ1) is 13.2. The third-order valence-electron chi connectivity index (χ3n) is 2.73. The van der Waals surface area contributed by atoms with Gasteiger partial charge in [0, 0.05) is 22.5 Å². The van der Waals surface area contributed by atoms with Crippen LogP contribution < -0.4 is 0 Å². The quantitative estimate of drug-likeness (QED) is 0.836. The van der Waals surface area contributed by atoms with Crippen molar-refractivity contribution in [1.29, 1.82) is 0 Å². The van der Waals surface area contributed by atoms with Crippen LogP contribution in [0.5, 0.6) is 0 Å². The molecular formula is C16H17NO2. The summed E-state index contributed by atoms with van der Waals surface area (Å²) in [4.78, 5) is 11.2. The van der Waals surface area contributed by atoms with Crippen molar-refractivity contribution in [2.45, 2.75) is 27.3 Å². The number of nitrogens with zero attached hydrogens (tertiary/aromatic N) is 1. The van der Waals surface area contributed by atoms with E-state index in [2.05, 4.69) is 32.6 Å². The van der Waals surface area contributed by atoms with Crippen molar-refractivity contribution in [3.63, 3.8) is 0 Å². The normalized spacial score (nSPS) is 11.1. The fraction of sp³-hybridized carbons (Fsp3) is 0.312. The Morgan fingerprint density at radius 2 is 2.00 bits per heavy atom. The molecule has 1 heterocycles. The second-order valence-electron chi connectivity index (χ2n) is 5.54. The second kappa shape index (κ2) is 4.81. The van der Waals surface area contributed by atoms with Gasteiger partial charge >= 0.3 is 5.97 Å². The van der Waals surface area contributed by atoms with Crippen molar-refractivity contribution in [3.05, 3.63) is 36.0 Å². The van der Waals surface area contributed by atoms with E-state index in [0.717, 1.165) is 10.9 Å². The monoisotopic (exact) mass is 255 g/mol. The van der Waals surface area contributed by atoms with Crippen LogP contribution in [0.25, 0.3) is 10.9 Å². The van der Waals surface area contributed by atoms with Crippen LogP contribution in [0.2, 0.25) is 0 Å². The molecule has 0 bridgehead atoms. The number of rotatable bonds is 2. The topological polar surface area (TPSA) is 42.2 Å². The molecule has 1 aromatic carbocycles. The van der Waals surface area contributed by atoms with Gasteiger partial charge in [0.1, 0.15) is 0 Å². The minimum atomic E-state index is -0.904. The summed E-state index contributed by atoms with van der Waals surface area (Å²) in [5.74, 6) is 5.36. The van der Waals surface area contributed by atoms with Crippen LogP contribution in [-0.2, 0) is 6.54 Å². The van der Waals surface area contributed by atoms with Crippen LogP contribution in [0.3, 0.4) is 0 Å². The van der Waals surface area contributed by atoms with E-state index < -0.39 is 5.97 Å². The molecule has 2 rings (SSSR count). The molecule has 3 heteroatoms. The summed E-state index contributed by atoms with van der Waals surface area (Å²) in [6.45, 7) is 6.66. The fourth-order valence-corrected chi connectivity index (χ4v) is 1.94. The highest BCUT2D eigenvalue weighted by molar-refractivity contribution is 6.03. The standard InChI is InChI=1S/C16H17NO2/c1-16(2,3)9-6-10-17-11-13(15(18)19)12-7-4-5-8-14(12)17/h4-5,7-8,11H,10H2,1-3H3,(H,18,19). The molecule has 0 saturated heterocycles. The third kappa shape index (κ3) is 2.97. The van der Waals surface area contributed by atoms with E-state index in [1.165, 1.54) is 0 Å². The van der Waals surface area contributed by atoms with Crippen molar-refractivity contribution in [2.75, 3.05) is 0 Å². The molecule has 3 nitrogen and oxygen atoms in total. The van der Waals surface area contributed by atoms with Crippen LogP contribution in [0.15, 0.2) is 30.5 Å². The highest BCUT2D eigenvalue weighted by Crippen LogP contribution is 2.21. The van der Waals surface area contributed by atoms with Crippen LogP contribution in [0.4, 0.5) is 0 Å². The van der Waals surface area contributed by atoms with Gasteiger partial charge in [0.25, 0.3) is 0 Å². The van der Waals surface area contributed by atoms with Gasteiger partial charge in [-0.3, -0.25) is 0 Å². The van der Waals surface area contributed by atoms with Gasteiger partial charge in [-0.15, -0.1) is 0 Å². The minimum absolute atomic E-state index is 0.0431. The van der Waals surface area contributed by atoms with Crippen molar-refractivity contribution >= 4 is 16.9 Å². The number of carboxylic acid groups (broad SMARTS) is 1. The van der Waals surface area contributed by atoms with Crippen LogP contribution in [0, 0.1) is 17.3 Å². The highest BCUT2D eigenvalue weighted by atomic mass is 16.4. The number of aromatic nitrogens is 1. The predicted octanol–water partition coefficient (Wildman–Crippen LogP) is 3.39. The van der Waals surface area contributed by atoms with Gasteiger partial charge < -0.3 is 9.67 Å². The van der Waals surface area contributed by atoms with E-state index >= 15 is 0 Å². The SMILES string of the molecule is CC(C)(C)C#CCn1cc(C(=O)O)c2ccccc21. The van der Waals surface area contributed by atoms with E-state index in [4.69, 9.17) is 0 Å². The Hall–Kier alpha value is -2.21. The van der Waals surface area contributed by atoms with Gasteiger partial charge in [0.05, 0.1) is 12.1 Å². The maximum Gasteiger partial charge on any atom is 0.337 e. The smallest absolute Gasteiger partial charge is 0.337 e. The molecule has 0 spiro atoms. The van der Waals surface area contributed by atoms with E-state index in [1.807, 2.05) is 28.8 Å². The Labute approximate surface area is 112 Å². The largest absolute Gasteiger partial charge is 0.478 e. The maximum absolute atomic E-state index is 11.2. The molecule has 2 aromatic rings. The molecule has 0 radical (unpaired) electrons. The Kier molecular flexibility index (Phi) is 3.35. The number of fused-ring (bicyclic) bond motifs is 1. The van der Waals surface area contributed by atoms with Crippen molar-refractivity contribution in [2.24, 2.45) is 5.41 Å². The first-order valence-electron chi connectivity index (χ1n) is 6.20. The van der Waals surface area contributed by atoms with Crippen LogP contribution in [0.1, 0.15) is 31.1 Å². The molecule has 0 amide bonds. The Balaban J connectivity index is 2.43. The van der Waals surface area contributed by atoms with Crippen LogP contribution in [-0.4, -0.2) is 15.6 Å². The molecule has 0 aliphatic rings. The lowest BCUT2D eigenvalue weighted by Crippen LogP contribution is -2.01. The highest BCUT2D eigenvalue weighted by Gasteiger charge is 2.12. The van der Waals surface area contributed by atoms with Crippen LogP contribution >= 0.6 is 0 Å². The van der Waals surface area contributed by atoms with E-state index in [9.17, 15) is 9.90 Å². The zero-order valence-corrected chi connectivity index (χ0v) is 11.4.